The van der Waals surface area contributed by atoms with Gasteiger partial charge in [0, 0.05) is 12.0 Å². The summed E-state index contributed by atoms with van der Waals surface area (Å²) >= 11 is 0. The first-order valence-corrected chi connectivity index (χ1v) is 8.27. The smallest absolute Gasteiger partial charge is 0.183 e. The molecule has 0 heterocycles. The van der Waals surface area contributed by atoms with E-state index in [0.717, 1.165) is 11.1 Å². The molecule has 2 N–H and O–H groups in total. The zero-order valence-corrected chi connectivity index (χ0v) is 12.3. The fraction of sp³-hybridized carbons (Fsp3) is 0.250. The molecule has 3 rings (SSSR count). The summed E-state index contributed by atoms with van der Waals surface area (Å²) in [7, 11) is -3.46. The molecule has 0 saturated heterocycles. The molecule has 0 aliphatic heterocycles. The van der Waals surface area contributed by atoms with Gasteiger partial charge in [0.1, 0.15) is 5.82 Å². The Bertz CT molecular complexity index is 754. The van der Waals surface area contributed by atoms with Crippen LogP contribution < -0.4 is 5.73 Å². The number of halogens is 1. The molecular formula is C16H16FNO2S. The lowest BCUT2D eigenvalue weighted by atomic mass is 10.1. The van der Waals surface area contributed by atoms with Gasteiger partial charge in [-0.25, -0.2) is 12.8 Å². The number of hydrogen-bond donors (Lipinski definition) is 1. The maximum atomic E-state index is 13.0. The van der Waals surface area contributed by atoms with E-state index in [1.807, 2.05) is 6.92 Å². The van der Waals surface area contributed by atoms with Crippen molar-refractivity contribution in [3.8, 4) is 0 Å². The highest BCUT2D eigenvalue weighted by atomic mass is 32.2. The third-order valence-electron chi connectivity index (χ3n) is 3.97. The van der Waals surface area contributed by atoms with E-state index in [1.54, 1.807) is 36.4 Å². The Balaban J connectivity index is 1.91. The summed E-state index contributed by atoms with van der Waals surface area (Å²) in [5, 5.41) is -0.634. The minimum absolute atomic E-state index is 0.267. The number of nitrogens with two attached hydrogens (primary N) is 1. The van der Waals surface area contributed by atoms with Crippen LogP contribution in [0.4, 0.5) is 4.39 Å². The van der Waals surface area contributed by atoms with Crippen LogP contribution in [0, 0.1) is 12.7 Å². The molecule has 1 saturated carbocycles. The second-order valence-corrected chi connectivity index (χ2v) is 7.58. The average molecular weight is 305 g/mol. The molecule has 2 aromatic carbocycles. The predicted octanol–water partition coefficient (Wildman–Crippen LogP) is 2.40. The van der Waals surface area contributed by atoms with Crippen molar-refractivity contribution in [2.24, 2.45) is 5.73 Å². The molecule has 1 fully saturated rings. The van der Waals surface area contributed by atoms with Gasteiger partial charge in [-0.1, -0.05) is 29.8 Å². The molecule has 0 radical (unpaired) electrons. The van der Waals surface area contributed by atoms with Gasteiger partial charge in [0.25, 0.3) is 0 Å². The Kier molecular flexibility index (Phi) is 3.34. The number of rotatable bonds is 3. The number of benzene rings is 2. The quantitative estimate of drug-likeness (QED) is 0.947. The fourth-order valence-electron chi connectivity index (χ4n) is 2.69. The maximum Gasteiger partial charge on any atom is 0.183 e. The van der Waals surface area contributed by atoms with Gasteiger partial charge in [0.05, 0.1) is 10.1 Å². The van der Waals surface area contributed by atoms with Crippen molar-refractivity contribution < 1.29 is 12.8 Å². The van der Waals surface area contributed by atoms with E-state index in [1.165, 1.54) is 12.1 Å². The Morgan fingerprint density at radius 1 is 1.00 bits per heavy atom. The standard InChI is InChI=1S/C16H16FNO2S/c1-10-2-8-13(9-3-10)21(19,20)16-14(15(16)18)11-4-6-12(17)7-5-11/h2-9,14-16H,18H2,1H3/t14-,15+,16-/m0/s1. The average Bonchev–Trinajstić information content (AvgIpc) is 3.12. The van der Waals surface area contributed by atoms with Crippen LogP contribution in [-0.4, -0.2) is 19.7 Å². The van der Waals surface area contributed by atoms with E-state index in [0.29, 0.717) is 0 Å². The van der Waals surface area contributed by atoms with Gasteiger partial charge in [0.15, 0.2) is 9.84 Å². The molecular weight excluding hydrogens is 289 g/mol. The van der Waals surface area contributed by atoms with Crippen molar-refractivity contribution >= 4 is 9.84 Å². The van der Waals surface area contributed by atoms with Crippen molar-refractivity contribution in [1.82, 2.24) is 0 Å². The van der Waals surface area contributed by atoms with Crippen molar-refractivity contribution in [3.05, 3.63) is 65.5 Å². The lowest BCUT2D eigenvalue weighted by Crippen LogP contribution is -2.15. The maximum absolute atomic E-state index is 13.0. The van der Waals surface area contributed by atoms with Crippen molar-refractivity contribution in [1.29, 1.82) is 0 Å². The van der Waals surface area contributed by atoms with Gasteiger partial charge >= 0.3 is 0 Å². The second kappa shape index (κ2) is 4.93. The van der Waals surface area contributed by atoms with Gasteiger partial charge in [-0.2, -0.15) is 0 Å². The lowest BCUT2D eigenvalue weighted by molar-refractivity contribution is 0.593. The van der Waals surface area contributed by atoms with Crippen LogP contribution in [-0.2, 0) is 9.84 Å². The minimum Gasteiger partial charge on any atom is -0.326 e. The van der Waals surface area contributed by atoms with Crippen LogP contribution in [0.15, 0.2) is 53.4 Å². The van der Waals surface area contributed by atoms with E-state index in [2.05, 4.69) is 0 Å². The molecule has 0 amide bonds. The molecule has 2 aromatic rings. The highest BCUT2D eigenvalue weighted by Gasteiger charge is 2.57. The van der Waals surface area contributed by atoms with Gasteiger partial charge in [-0.15, -0.1) is 0 Å². The lowest BCUT2D eigenvalue weighted by Gasteiger charge is -2.04. The molecule has 3 nitrogen and oxygen atoms in total. The van der Waals surface area contributed by atoms with Gasteiger partial charge in [0.2, 0.25) is 0 Å². The van der Waals surface area contributed by atoms with Crippen molar-refractivity contribution in [3.63, 3.8) is 0 Å². The highest BCUT2D eigenvalue weighted by Crippen LogP contribution is 2.47. The van der Waals surface area contributed by atoms with E-state index < -0.39 is 21.1 Å². The highest BCUT2D eigenvalue weighted by molar-refractivity contribution is 7.92. The van der Waals surface area contributed by atoms with Crippen LogP contribution in [0.25, 0.3) is 0 Å². The Labute approximate surface area is 123 Å². The van der Waals surface area contributed by atoms with E-state index in [4.69, 9.17) is 5.73 Å². The van der Waals surface area contributed by atoms with E-state index >= 15 is 0 Å². The Hall–Kier alpha value is -1.72. The zero-order chi connectivity index (χ0) is 15.2. The third-order valence-corrected chi connectivity index (χ3v) is 6.22. The molecule has 0 unspecified atom stereocenters. The van der Waals surface area contributed by atoms with Crippen LogP contribution in [0.2, 0.25) is 0 Å². The topological polar surface area (TPSA) is 60.2 Å². The monoisotopic (exact) mass is 305 g/mol. The van der Waals surface area contributed by atoms with Gasteiger partial charge in [-0.05, 0) is 36.8 Å². The first kappa shape index (κ1) is 14.2. The van der Waals surface area contributed by atoms with Crippen LogP contribution in [0.3, 0.4) is 0 Å². The second-order valence-electron chi connectivity index (χ2n) is 5.48. The minimum atomic E-state index is -3.46. The van der Waals surface area contributed by atoms with Gasteiger partial charge in [-0.3, -0.25) is 0 Å². The van der Waals surface area contributed by atoms with Crippen LogP contribution in [0.1, 0.15) is 17.0 Å². The summed E-state index contributed by atoms with van der Waals surface area (Å²) in [5.74, 6) is -0.609. The third kappa shape index (κ3) is 2.47. The van der Waals surface area contributed by atoms with E-state index in [9.17, 15) is 12.8 Å². The molecule has 0 aromatic heterocycles. The number of aryl methyl sites for hydroxylation is 1. The molecule has 1 aliphatic rings. The zero-order valence-electron chi connectivity index (χ0n) is 11.5. The molecule has 3 atom stereocenters. The van der Waals surface area contributed by atoms with Crippen molar-refractivity contribution in [2.45, 2.75) is 29.0 Å². The molecule has 110 valence electrons. The molecule has 21 heavy (non-hydrogen) atoms. The van der Waals surface area contributed by atoms with E-state index in [-0.39, 0.29) is 16.6 Å². The van der Waals surface area contributed by atoms with Gasteiger partial charge < -0.3 is 5.73 Å². The largest absolute Gasteiger partial charge is 0.326 e. The molecule has 1 aliphatic carbocycles. The Morgan fingerprint density at radius 3 is 2.14 bits per heavy atom. The van der Waals surface area contributed by atoms with Crippen LogP contribution in [0.5, 0.6) is 0 Å². The Morgan fingerprint density at radius 2 is 1.57 bits per heavy atom. The first-order chi connectivity index (χ1) is 9.91. The van der Waals surface area contributed by atoms with Crippen molar-refractivity contribution in [2.75, 3.05) is 0 Å². The normalized spacial score (nSPS) is 24.8. The molecule has 0 bridgehead atoms. The summed E-state index contributed by atoms with van der Waals surface area (Å²) in [6.45, 7) is 1.90. The molecule has 5 heteroatoms. The summed E-state index contributed by atoms with van der Waals surface area (Å²) in [6, 6.07) is 12.2. The first-order valence-electron chi connectivity index (χ1n) is 6.73. The summed E-state index contributed by atoms with van der Waals surface area (Å²) in [5.41, 5.74) is 7.73. The van der Waals surface area contributed by atoms with Crippen LogP contribution >= 0.6 is 0 Å². The fourth-order valence-corrected chi connectivity index (χ4v) is 4.73. The summed E-state index contributed by atoms with van der Waals surface area (Å²) in [6.07, 6.45) is 0. The number of sulfone groups is 1. The predicted molar refractivity (Wildman–Crippen MR) is 79.3 cm³/mol. The number of hydrogen-bond acceptors (Lipinski definition) is 3. The summed E-state index contributed by atoms with van der Waals surface area (Å²) in [4.78, 5) is 0.290. The molecule has 0 spiro atoms. The summed E-state index contributed by atoms with van der Waals surface area (Å²) < 4.78 is 38.2. The SMILES string of the molecule is Cc1ccc(S(=O)(=O)[C@@H]2[C@H](N)[C@@H]2c2ccc(F)cc2)cc1.